The van der Waals surface area contributed by atoms with E-state index < -0.39 is 32.4 Å². The van der Waals surface area contributed by atoms with Crippen LogP contribution in [0.15, 0.2) is 17.0 Å². The molecule has 0 radical (unpaired) electrons. The van der Waals surface area contributed by atoms with Crippen molar-refractivity contribution >= 4 is 10.0 Å². The zero-order valence-corrected chi connectivity index (χ0v) is 9.56. The van der Waals surface area contributed by atoms with Crippen LogP contribution < -0.4 is 0 Å². The summed E-state index contributed by atoms with van der Waals surface area (Å²) >= 11 is 0. The lowest BCUT2D eigenvalue weighted by molar-refractivity contribution is 0.465. The van der Waals surface area contributed by atoms with E-state index in [9.17, 15) is 21.6 Å². The Bertz CT molecular complexity index is 555. The fraction of sp³-hybridized carbons (Fsp3) is 0.200. The highest BCUT2D eigenvalue weighted by atomic mass is 32.2. The zero-order chi connectivity index (χ0) is 13.2. The molecule has 17 heavy (non-hydrogen) atoms. The fourth-order valence-corrected chi connectivity index (χ4v) is 2.31. The Hall–Kier alpha value is -1.52. The number of sulfonamides is 1. The van der Waals surface area contributed by atoms with E-state index >= 15 is 0 Å². The molecule has 0 aliphatic carbocycles. The second-order valence-electron chi connectivity index (χ2n) is 3.16. The molecule has 1 aromatic rings. The van der Waals surface area contributed by atoms with Gasteiger partial charge in [-0.15, -0.1) is 6.42 Å². The van der Waals surface area contributed by atoms with Crippen molar-refractivity contribution in [3.63, 3.8) is 0 Å². The first kappa shape index (κ1) is 13.5. The summed E-state index contributed by atoms with van der Waals surface area (Å²) in [4.78, 5) is -1.21. The summed E-state index contributed by atoms with van der Waals surface area (Å²) in [6.07, 6.45) is 4.90. The van der Waals surface area contributed by atoms with Crippen molar-refractivity contribution in [2.24, 2.45) is 0 Å². The van der Waals surface area contributed by atoms with Gasteiger partial charge >= 0.3 is 0 Å². The van der Waals surface area contributed by atoms with Gasteiger partial charge in [0.25, 0.3) is 0 Å². The van der Waals surface area contributed by atoms with Crippen molar-refractivity contribution < 1.29 is 21.6 Å². The molecular formula is C10H8F3NO2S. The van der Waals surface area contributed by atoms with E-state index in [2.05, 4.69) is 0 Å². The second-order valence-corrected chi connectivity index (χ2v) is 5.15. The first-order valence-electron chi connectivity index (χ1n) is 4.35. The molecule has 0 atom stereocenters. The second kappa shape index (κ2) is 4.77. The van der Waals surface area contributed by atoms with Gasteiger partial charge < -0.3 is 0 Å². The van der Waals surface area contributed by atoms with E-state index in [0.717, 1.165) is 7.05 Å². The largest absolute Gasteiger partial charge is 0.249 e. The molecule has 0 aromatic heterocycles. The maximum Gasteiger partial charge on any atom is 0.249 e. The van der Waals surface area contributed by atoms with Crippen molar-refractivity contribution in [1.82, 2.24) is 4.31 Å². The minimum atomic E-state index is -4.41. The molecule has 0 amide bonds. The van der Waals surface area contributed by atoms with Crippen LogP contribution in [0.1, 0.15) is 0 Å². The molecule has 3 nitrogen and oxygen atoms in total. The summed E-state index contributed by atoms with van der Waals surface area (Å²) in [6, 6.07) is 0.583. The normalized spacial score (nSPS) is 11.5. The maximum atomic E-state index is 13.3. The summed E-state index contributed by atoms with van der Waals surface area (Å²) in [5.41, 5.74) is 0. The van der Waals surface area contributed by atoms with E-state index in [4.69, 9.17) is 6.42 Å². The Labute approximate surface area is 96.9 Å². The van der Waals surface area contributed by atoms with Gasteiger partial charge in [-0.3, -0.25) is 0 Å². The van der Waals surface area contributed by atoms with Gasteiger partial charge in [-0.25, -0.2) is 21.6 Å². The smallest absolute Gasteiger partial charge is 0.207 e. The van der Waals surface area contributed by atoms with Crippen molar-refractivity contribution in [2.75, 3.05) is 13.6 Å². The summed E-state index contributed by atoms with van der Waals surface area (Å²) in [5, 5.41) is 0. The van der Waals surface area contributed by atoms with Gasteiger partial charge in [0.2, 0.25) is 10.0 Å². The molecule has 7 heteroatoms. The number of benzene rings is 1. The van der Waals surface area contributed by atoms with Crippen molar-refractivity contribution in [2.45, 2.75) is 4.90 Å². The Morgan fingerprint density at radius 1 is 1.29 bits per heavy atom. The van der Waals surface area contributed by atoms with E-state index in [1.165, 1.54) is 0 Å². The average Bonchev–Trinajstić information content (AvgIpc) is 2.15. The number of rotatable bonds is 3. The molecular weight excluding hydrogens is 255 g/mol. The molecule has 0 N–H and O–H groups in total. The highest BCUT2D eigenvalue weighted by Crippen LogP contribution is 2.22. The molecule has 0 unspecified atom stereocenters. The first-order valence-corrected chi connectivity index (χ1v) is 5.79. The van der Waals surface area contributed by atoms with Crippen LogP contribution in [0.2, 0.25) is 0 Å². The van der Waals surface area contributed by atoms with Crippen LogP contribution in [-0.4, -0.2) is 26.3 Å². The fourth-order valence-electron chi connectivity index (χ4n) is 1.14. The topological polar surface area (TPSA) is 37.4 Å². The Morgan fingerprint density at radius 2 is 1.76 bits per heavy atom. The van der Waals surface area contributed by atoms with Crippen molar-refractivity contribution in [1.29, 1.82) is 0 Å². The molecule has 1 aromatic carbocycles. The van der Waals surface area contributed by atoms with Crippen LogP contribution in [0.25, 0.3) is 0 Å². The predicted octanol–water partition coefficient (Wildman–Crippen LogP) is 1.36. The third-order valence-corrected chi connectivity index (χ3v) is 3.80. The lowest BCUT2D eigenvalue weighted by Gasteiger charge is -2.15. The van der Waals surface area contributed by atoms with Crippen molar-refractivity contribution in [3.8, 4) is 12.3 Å². The third-order valence-electron chi connectivity index (χ3n) is 1.95. The van der Waals surface area contributed by atoms with Crippen LogP contribution >= 0.6 is 0 Å². The van der Waals surface area contributed by atoms with Crippen LogP contribution in [0.5, 0.6) is 0 Å². The van der Waals surface area contributed by atoms with E-state index in [1.54, 1.807) is 0 Å². The third kappa shape index (κ3) is 2.60. The first-order chi connectivity index (χ1) is 7.80. The summed E-state index contributed by atoms with van der Waals surface area (Å²) in [5.74, 6) is -2.16. The number of hydrogen-bond acceptors (Lipinski definition) is 2. The average molecular weight is 263 g/mol. The van der Waals surface area contributed by atoms with Gasteiger partial charge in [-0.1, -0.05) is 5.92 Å². The van der Waals surface area contributed by atoms with Gasteiger partial charge in [0.05, 0.1) is 6.54 Å². The Morgan fingerprint density at radius 3 is 2.18 bits per heavy atom. The molecule has 0 aliphatic heterocycles. The molecule has 0 bridgehead atoms. The highest BCUT2D eigenvalue weighted by Gasteiger charge is 2.28. The maximum absolute atomic E-state index is 13.3. The van der Waals surface area contributed by atoms with Gasteiger partial charge in [0.1, 0.15) is 17.5 Å². The summed E-state index contributed by atoms with van der Waals surface area (Å²) < 4.78 is 63.2. The molecule has 0 heterocycles. The molecule has 92 valence electrons. The van der Waals surface area contributed by atoms with Gasteiger partial charge in [0.15, 0.2) is 4.90 Å². The molecule has 0 saturated carbocycles. The molecule has 0 aliphatic rings. The minimum absolute atomic E-state index is 0.291. The Balaban J connectivity index is 3.40. The quantitative estimate of drug-likeness (QED) is 0.772. The molecule has 0 saturated heterocycles. The minimum Gasteiger partial charge on any atom is -0.207 e. The van der Waals surface area contributed by atoms with Crippen LogP contribution in [-0.2, 0) is 10.0 Å². The number of halogens is 3. The van der Waals surface area contributed by atoms with E-state index in [1.807, 2.05) is 5.92 Å². The van der Waals surface area contributed by atoms with E-state index in [0.29, 0.717) is 16.4 Å². The predicted molar refractivity (Wildman–Crippen MR) is 55.0 cm³/mol. The summed E-state index contributed by atoms with van der Waals surface area (Å²) in [6.45, 7) is -0.349. The van der Waals surface area contributed by atoms with E-state index in [-0.39, 0.29) is 6.54 Å². The van der Waals surface area contributed by atoms with Crippen LogP contribution in [0, 0.1) is 29.8 Å². The number of nitrogens with zero attached hydrogens (tertiary/aromatic N) is 1. The van der Waals surface area contributed by atoms with Crippen LogP contribution in [0.3, 0.4) is 0 Å². The number of hydrogen-bond donors (Lipinski definition) is 0. The molecule has 0 fully saturated rings. The lowest BCUT2D eigenvalue weighted by atomic mass is 10.3. The standard InChI is InChI=1S/C10H8F3NO2S/c1-3-4-14(2)17(15,16)10-8(12)5-7(11)6-9(10)13/h1,5-6H,4H2,2H3. The lowest BCUT2D eigenvalue weighted by Crippen LogP contribution is -2.29. The van der Waals surface area contributed by atoms with Crippen molar-refractivity contribution in [3.05, 3.63) is 29.6 Å². The van der Waals surface area contributed by atoms with Crippen LogP contribution in [0.4, 0.5) is 13.2 Å². The van der Waals surface area contributed by atoms with Gasteiger partial charge in [0, 0.05) is 19.2 Å². The molecule has 0 spiro atoms. The summed E-state index contributed by atoms with van der Waals surface area (Å²) in [7, 11) is -3.34. The monoisotopic (exact) mass is 263 g/mol. The number of terminal acetylenes is 1. The SMILES string of the molecule is C#CCN(C)S(=O)(=O)c1c(F)cc(F)cc1F. The Kier molecular flexibility index (Phi) is 3.80. The zero-order valence-electron chi connectivity index (χ0n) is 8.75. The van der Waals surface area contributed by atoms with Gasteiger partial charge in [-0.05, 0) is 0 Å². The molecule has 1 rings (SSSR count). The van der Waals surface area contributed by atoms with Gasteiger partial charge in [-0.2, -0.15) is 4.31 Å². The highest BCUT2D eigenvalue weighted by molar-refractivity contribution is 7.89.